The van der Waals surface area contributed by atoms with Gasteiger partial charge in [-0.3, -0.25) is 10.1 Å². The summed E-state index contributed by atoms with van der Waals surface area (Å²) in [4.78, 5) is 23.5. The SMILES string of the molecule is Cl.NC(=NCc1ccccc1)NC(=O)c1nc(Cl)c(N)nc1N.O. The molecule has 11 heteroatoms. The second-order valence-electron chi connectivity index (χ2n) is 4.27. The Hall–Kier alpha value is -2.62. The minimum absolute atomic E-state index is 0. The highest BCUT2D eigenvalue weighted by atomic mass is 35.5. The van der Waals surface area contributed by atoms with Crippen LogP contribution < -0.4 is 22.5 Å². The summed E-state index contributed by atoms with van der Waals surface area (Å²) in [5.74, 6) is -0.930. The number of nitrogens with two attached hydrogens (primary N) is 3. The molecular weight excluding hydrogens is 357 g/mol. The molecule has 9 nitrogen and oxygen atoms in total. The van der Waals surface area contributed by atoms with Gasteiger partial charge in [0.15, 0.2) is 28.4 Å². The Balaban J connectivity index is 0.00000264. The van der Waals surface area contributed by atoms with Gasteiger partial charge >= 0.3 is 0 Å². The lowest BCUT2D eigenvalue weighted by Gasteiger charge is -2.07. The van der Waals surface area contributed by atoms with Crippen LogP contribution in [0.5, 0.6) is 0 Å². The molecule has 0 unspecified atom stereocenters. The van der Waals surface area contributed by atoms with Gasteiger partial charge in [0.05, 0.1) is 6.54 Å². The lowest BCUT2D eigenvalue weighted by molar-refractivity contribution is 0.0972. The Morgan fingerprint density at radius 1 is 1.17 bits per heavy atom. The van der Waals surface area contributed by atoms with E-state index < -0.39 is 5.91 Å². The van der Waals surface area contributed by atoms with Crippen LogP contribution in [0.25, 0.3) is 0 Å². The van der Waals surface area contributed by atoms with E-state index in [1.54, 1.807) is 0 Å². The number of nitrogen functional groups attached to an aromatic ring is 2. The number of amides is 1. The summed E-state index contributed by atoms with van der Waals surface area (Å²) in [6.45, 7) is 0.330. The molecule has 1 heterocycles. The minimum atomic E-state index is -0.666. The fourth-order valence-electron chi connectivity index (χ4n) is 1.58. The minimum Gasteiger partial charge on any atom is -0.412 e. The summed E-state index contributed by atoms with van der Waals surface area (Å²) in [6.07, 6.45) is 0. The van der Waals surface area contributed by atoms with Crippen LogP contribution in [0.15, 0.2) is 35.3 Å². The molecule has 0 spiro atoms. The molecule has 0 saturated heterocycles. The van der Waals surface area contributed by atoms with E-state index in [1.165, 1.54) is 0 Å². The Bertz CT molecular complexity index is 726. The molecule has 0 atom stereocenters. The summed E-state index contributed by atoms with van der Waals surface area (Å²) < 4.78 is 0. The maximum Gasteiger partial charge on any atom is 0.280 e. The van der Waals surface area contributed by atoms with Crippen molar-refractivity contribution in [1.29, 1.82) is 0 Å². The second-order valence-corrected chi connectivity index (χ2v) is 4.63. The largest absolute Gasteiger partial charge is 0.412 e. The third-order valence-electron chi connectivity index (χ3n) is 2.64. The molecule has 0 aliphatic rings. The number of benzene rings is 1. The normalized spacial score (nSPS) is 10.3. The first-order valence-electron chi connectivity index (χ1n) is 6.21. The third-order valence-corrected chi connectivity index (χ3v) is 2.91. The van der Waals surface area contributed by atoms with E-state index in [4.69, 9.17) is 28.8 Å². The van der Waals surface area contributed by atoms with E-state index >= 15 is 0 Å². The van der Waals surface area contributed by atoms with Crippen LogP contribution >= 0.6 is 24.0 Å². The highest BCUT2D eigenvalue weighted by Gasteiger charge is 2.16. The highest BCUT2D eigenvalue weighted by molar-refractivity contribution is 6.31. The van der Waals surface area contributed by atoms with Crippen molar-refractivity contribution >= 4 is 47.5 Å². The van der Waals surface area contributed by atoms with Gasteiger partial charge in [0, 0.05) is 0 Å². The maximum absolute atomic E-state index is 12.0. The topological polar surface area (TPSA) is 177 Å². The number of aromatic nitrogens is 2. The maximum atomic E-state index is 12.0. The Labute approximate surface area is 149 Å². The van der Waals surface area contributed by atoms with Crippen molar-refractivity contribution < 1.29 is 10.3 Å². The van der Waals surface area contributed by atoms with Gasteiger partial charge in [-0.15, -0.1) is 12.4 Å². The van der Waals surface area contributed by atoms with E-state index in [0.29, 0.717) is 6.54 Å². The number of nitrogens with one attached hydrogen (secondary N) is 1. The van der Waals surface area contributed by atoms with Gasteiger partial charge < -0.3 is 22.7 Å². The lowest BCUT2D eigenvalue weighted by atomic mass is 10.2. The van der Waals surface area contributed by atoms with Crippen molar-refractivity contribution in [3.63, 3.8) is 0 Å². The third kappa shape index (κ3) is 5.54. The zero-order valence-electron chi connectivity index (χ0n) is 12.4. The van der Waals surface area contributed by atoms with Gasteiger partial charge in [-0.2, -0.15) is 0 Å². The molecule has 1 aromatic heterocycles. The lowest BCUT2D eigenvalue weighted by Crippen LogP contribution is -2.37. The molecule has 0 bridgehead atoms. The predicted molar refractivity (Wildman–Crippen MR) is 96.0 cm³/mol. The van der Waals surface area contributed by atoms with E-state index in [1.807, 2.05) is 30.3 Å². The number of hydrogen-bond donors (Lipinski definition) is 4. The quantitative estimate of drug-likeness (QED) is 0.438. The van der Waals surface area contributed by atoms with Crippen molar-refractivity contribution in [3.8, 4) is 0 Å². The molecule has 0 saturated carbocycles. The van der Waals surface area contributed by atoms with Crippen LogP contribution in [0.3, 0.4) is 0 Å². The monoisotopic (exact) mass is 373 g/mol. The Morgan fingerprint density at radius 2 is 1.79 bits per heavy atom. The molecule has 24 heavy (non-hydrogen) atoms. The van der Waals surface area contributed by atoms with Crippen LogP contribution in [-0.4, -0.2) is 27.3 Å². The molecule has 0 radical (unpaired) electrons. The number of carbonyl (C=O) groups excluding carboxylic acids is 1. The number of halogens is 2. The van der Waals surface area contributed by atoms with Gasteiger partial charge in [0.25, 0.3) is 5.91 Å². The number of hydrogen-bond acceptors (Lipinski definition) is 6. The van der Waals surface area contributed by atoms with Gasteiger partial charge in [0.2, 0.25) is 0 Å². The molecule has 0 aliphatic carbocycles. The van der Waals surface area contributed by atoms with Crippen molar-refractivity contribution in [1.82, 2.24) is 15.3 Å². The van der Waals surface area contributed by atoms with Gasteiger partial charge in [-0.05, 0) is 5.56 Å². The molecule has 0 fully saturated rings. The summed E-state index contributed by atoms with van der Waals surface area (Å²) >= 11 is 5.71. The van der Waals surface area contributed by atoms with Crippen molar-refractivity contribution in [2.75, 3.05) is 11.5 Å². The van der Waals surface area contributed by atoms with Crippen LogP contribution in [0.1, 0.15) is 16.1 Å². The molecule has 9 N–H and O–H groups in total. The van der Waals surface area contributed by atoms with Gasteiger partial charge in [0.1, 0.15) is 0 Å². The number of aliphatic imine (C=N–C) groups is 1. The molecular formula is C13H17Cl2N7O2. The van der Waals surface area contributed by atoms with Crippen molar-refractivity contribution in [2.24, 2.45) is 10.7 Å². The molecule has 1 amide bonds. The molecule has 130 valence electrons. The van der Waals surface area contributed by atoms with E-state index in [9.17, 15) is 4.79 Å². The zero-order valence-corrected chi connectivity index (χ0v) is 13.9. The number of nitrogens with zero attached hydrogens (tertiary/aromatic N) is 3. The summed E-state index contributed by atoms with van der Waals surface area (Å²) in [5.41, 5.74) is 17.4. The summed E-state index contributed by atoms with van der Waals surface area (Å²) in [6, 6.07) is 9.44. The van der Waals surface area contributed by atoms with Crippen LogP contribution in [0.2, 0.25) is 5.15 Å². The summed E-state index contributed by atoms with van der Waals surface area (Å²) in [5, 5.41) is 2.25. The highest BCUT2D eigenvalue weighted by Crippen LogP contribution is 2.17. The first-order valence-corrected chi connectivity index (χ1v) is 6.59. The average molecular weight is 374 g/mol. The molecule has 2 rings (SSSR count). The van der Waals surface area contributed by atoms with Crippen LogP contribution in [0.4, 0.5) is 11.6 Å². The second kappa shape index (κ2) is 9.50. The van der Waals surface area contributed by atoms with Crippen molar-refractivity contribution in [3.05, 3.63) is 46.7 Å². The van der Waals surface area contributed by atoms with Gasteiger partial charge in [-0.25, -0.2) is 15.0 Å². The van der Waals surface area contributed by atoms with E-state index in [-0.39, 0.29) is 46.3 Å². The fourth-order valence-corrected chi connectivity index (χ4v) is 1.71. The van der Waals surface area contributed by atoms with Crippen molar-refractivity contribution in [2.45, 2.75) is 6.54 Å². The smallest absolute Gasteiger partial charge is 0.280 e. The fraction of sp³-hybridized carbons (Fsp3) is 0.0769. The zero-order chi connectivity index (χ0) is 16.1. The Morgan fingerprint density at radius 3 is 2.42 bits per heavy atom. The molecule has 1 aromatic carbocycles. The standard InChI is InChI=1S/C13H14ClN7O.ClH.H2O/c14-9-11(16)20-10(15)8(19-9)12(22)21-13(17)18-6-7-4-2-1-3-5-7;;/h1-5H,6H2,(H4,15,16,20)(H3,17,18,21,22);1H;1H2. The first kappa shape index (κ1) is 21.4. The average Bonchev–Trinajstić information content (AvgIpc) is 2.50. The summed E-state index contributed by atoms with van der Waals surface area (Å²) in [7, 11) is 0. The van der Waals surface area contributed by atoms with E-state index in [0.717, 1.165) is 5.56 Å². The molecule has 2 aromatic rings. The molecule has 0 aliphatic heterocycles. The van der Waals surface area contributed by atoms with Gasteiger partial charge in [-0.1, -0.05) is 41.9 Å². The number of guanidine groups is 1. The predicted octanol–water partition coefficient (Wildman–Crippen LogP) is 0.136. The number of rotatable bonds is 3. The first-order chi connectivity index (χ1) is 10.5. The van der Waals surface area contributed by atoms with E-state index in [2.05, 4.69) is 20.3 Å². The van der Waals surface area contributed by atoms with Crippen LogP contribution in [0, 0.1) is 0 Å². The van der Waals surface area contributed by atoms with Crippen LogP contribution in [-0.2, 0) is 6.54 Å². The number of carbonyl (C=O) groups is 1. The number of anilines is 2. The Kier molecular flexibility index (Phi) is 8.47.